The minimum Gasteiger partial charge on any atom is -0.0693 e. The van der Waals surface area contributed by atoms with Gasteiger partial charge >= 0.3 is 0 Å². The third-order valence-corrected chi connectivity index (χ3v) is 61.8. The molecule has 59 heavy (non-hydrogen) atoms. The van der Waals surface area contributed by atoms with Crippen LogP contribution in [0.25, 0.3) is 21.5 Å². The third kappa shape index (κ3) is 9.24. The van der Waals surface area contributed by atoms with E-state index in [1.807, 2.05) is 22.0 Å². The Labute approximate surface area is 374 Å². The van der Waals surface area contributed by atoms with Gasteiger partial charge in [0, 0.05) is 56.5 Å². The van der Waals surface area contributed by atoms with Crippen molar-refractivity contribution in [2.24, 2.45) is 0 Å². The molecule has 0 nitrogen and oxygen atoms in total. The Bertz CT molecular complexity index is 2050. The van der Waals surface area contributed by atoms with Crippen LogP contribution < -0.4 is 10.6 Å². The predicted molar refractivity (Wildman–Crippen MR) is 300 cm³/mol. The van der Waals surface area contributed by atoms with Crippen LogP contribution in [0.1, 0.15) is 40.9 Å². The number of rotatable bonds is 12. The van der Waals surface area contributed by atoms with Crippen LogP contribution in [0.5, 0.6) is 0 Å². The summed E-state index contributed by atoms with van der Waals surface area (Å²) < 4.78 is 0.338. The first-order chi connectivity index (χ1) is 26.6. The van der Waals surface area contributed by atoms with Crippen LogP contribution >= 0.6 is 15.2 Å². The lowest BCUT2D eigenvalue weighted by molar-refractivity contribution is 0.996. The fourth-order valence-corrected chi connectivity index (χ4v) is 79.9. The van der Waals surface area contributed by atoms with Gasteiger partial charge in [-0.15, -0.1) is 0 Å². The van der Waals surface area contributed by atoms with Gasteiger partial charge in [0.25, 0.3) is 0 Å². The van der Waals surface area contributed by atoms with E-state index in [1.165, 1.54) is 33.9 Å². The topological polar surface area (TPSA) is 0 Å². The quantitative estimate of drug-likeness (QED) is 0.0575. The molecule has 2 unspecified atom stereocenters. The molecule has 0 bridgehead atoms. The average Bonchev–Trinajstić information content (AvgIpc) is 3.00. The second-order valence-corrected chi connectivity index (χ2v) is 71.8. The first-order valence-corrected chi connectivity index (χ1v) is 51.4. The van der Waals surface area contributed by atoms with Gasteiger partial charge in [-0.05, 0) is 111 Å². The van der Waals surface area contributed by atoms with Crippen LogP contribution in [0.15, 0.2) is 77.9 Å². The number of hydrogen-bond donors (Lipinski definition) is 0. The van der Waals surface area contributed by atoms with Gasteiger partial charge in [0.1, 0.15) is 0 Å². The lowest BCUT2D eigenvalue weighted by Crippen LogP contribution is -2.74. The van der Waals surface area contributed by atoms with Crippen LogP contribution in [0.2, 0.25) is 137 Å². The molecular weight excluding hydrogens is 859 g/mol. The van der Waals surface area contributed by atoms with Gasteiger partial charge in [-0.1, -0.05) is 209 Å². The molecule has 4 aromatic rings. The minimum atomic E-state index is -1.78. The molecule has 0 saturated carbocycles. The van der Waals surface area contributed by atoms with Gasteiger partial charge in [0.15, 0.2) is 0 Å². The summed E-state index contributed by atoms with van der Waals surface area (Å²) in [4.78, 5) is 0. The van der Waals surface area contributed by atoms with Crippen LogP contribution in [-0.4, -0.2) is 68.8 Å². The summed E-state index contributed by atoms with van der Waals surface area (Å²) in [6.07, 6.45) is 2.50. The van der Waals surface area contributed by atoms with Crippen molar-refractivity contribution in [2.75, 3.05) is 12.3 Å². The van der Waals surface area contributed by atoms with Gasteiger partial charge < -0.3 is 0 Å². The van der Waals surface area contributed by atoms with E-state index in [0.717, 1.165) is 0 Å². The molecule has 1 heterocycles. The molecule has 0 aromatic heterocycles. The Morgan fingerprint density at radius 1 is 0.424 bits per heavy atom. The Morgan fingerprint density at radius 2 is 0.729 bits per heavy atom. The van der Waals surface area contributed by atoms with Crippen LogP contribution in [0.4, 0.5) is 0 Å². The van der Waals surface area contributed by atoms with E-state index >= 15 is 0 Å². The summed E-state index contributed by atoms with van der Waals surface area (Å²) in [5.41, 5.74) is 8.98. The van der Waals surface area contributed by atoms with Crippen molar-refractivity contribution in [3.05, 3.63) is 94.6 Å². The maximum absolute atomic E-state index is 3.07. The third-order valence-electron chi connectivity index (χ3n) is 14.1. The van der Waals surface area contributed by atoms with Gasteiger partial charge in [0.05, 0.1) is 0 Å². The molecule has 0 radical (unpaired) electrons. The molecular formula is C50H86P2Si7. The number of hydrogen-bond acceptors (Lipinski definition) is 0. The van der Waals surface area contributed by atoms with E-state index in [2.05, 4.69) is 218 Å². The maximum Gasteiger partial charge on any atom is 0.0499 e. The molecule has 0 fully saturated rings. The molecule has 9 heteroatoms. The van der Waals surface area contributed by atoms with Crippen molar-refractivity contribution in [1.29, 1.82) is 0 Å². The number of fused-ring (bicyclic) bond motifs is 2. The molecule has 324 valence electrons. The molecule has 0 saturated heterocycles. The van der Waals surface area contributed by atoms with E-state index in [1.54, 1.807) is 16.5 Å². The number of benzene rings is 4. The van der Waals surface area contributed by atoms with Crippen molar-refractivity contribution in [3.8, 4) is 0 Å². The Balaban J connectivity index is 2.16. The monoisotopic (exact) mass is 944 g/mol. The second kappa shape index (κ2) is 16.5. The van der Waals surface area contributed by atoms with Crippen LogP contribution in [0.3, 0.4) is 0 Å². The summed E-state index contributed by atoms with van der Waals surface area (Å²) >= 11 is 0. The van der Waals surface area contributed by atoms with Crippen LogP contribution in [-0.2, 0) is 4.28 Å². The summed E-state index contributed by atoms with van der Waals surface area (Å²) in [5, 5.41) is 10.9. The second-order valence-electron chi connectivity index (χ2n) is 26.2. The normalized spacial score (nSPS) is 18.5. The fraction of sp³-hybridized carbons (Fsp3) is 0.560. The molecule has 1 aliphatic rings. The maximum atomic E-state index is 3.07. The van der Waals surface area contributed by atoms with E-state index in [4.69, 9.17) is 0 Å². The van der Waals surface area contributed by atoms with Crippen molar-refractivity contribution in [2.45, 2.75) is 166 Å². The zero-order valence-electron chi connectivity index (χ0n) is 42.3. The average molecular weight is 946 g/mol. The van der Waals surface area contributed by atoms with Crippen LogP contribution in [0, 0.1) is 0 Å². The van der Waals surface area contributed by atoms with E-state index < -0.39 is 71.7 Å². The highest BCUT2D eigenvalue weighted by Crippen LogP contribution is 2.73. The fourth-order valence-electron chi connectivity index (χ4n) is 14.3. The first kappa shape index (κ1) is 49.5. The van der Waals surface area contributed by atoms with E-state index in [-0.39, 0.29) is 0 Å². The molecule has 2 atom stereocenters. The molecule has 4 aromatic carbocycles. The molecule has 1 aliphatic heterocycles. The smallest absolute Gasteiger partial charge is 0.0499 e. The molecule has 5 rings (SSSR count). The summed E-state index contributed by atoms with van der Waals surface area (Å²) in [5.74, 6) is 0. The number of allylic oxidation sites excluding steroid dienone is 2. The minimum absolute atomic E-state index is 0.338. The highest BCUT2D eigenvalue weighted by atomic mass is 32.1. The van der Waals surface area contributed by atoms with Gasteiger partial charge in [0.2, 0.25) is 0 Å². The zero-order chi connectivity index (χ0) is 44.9. The van der Waals surface area contributed by atoms with Crippen molar-refractivity contribution < 1.29 is 0 Å². The predicted octanol–water partition coefficient (Wildman–Crippen LogP) is 16.7. The van der Waals surface area contributed by atoms with E-state index in [0.29, 0.717) is 14.6 Å². The molecule has 0 aliphatic carbocycles. The van der Waals surface area contributed by atoms with Gasteiger partial charge in [-0.2, -0.15) is 0 Å². The Morgan fingerprint density at radius 3 is 1.03 bits per heavy atom. The van der Waals surface area contributed by atoms with Crippen molar-refractivity contribution in [1.82, 2.24) is 0 Å². The lowest BCUT2D eigenvalue weighted by atomic mass is 10.0. The Kier molecular flexibility index (Phi) is 13.9. The van der Waals surface area contributed by atoms with Crippen molar-refractivity contribution >= 4 is 104 Å². The lowest BCUT2D eigenvalue weighted by Gasteiger charge is -2.60. The summed E-state index contributed by atoms with van der Waals surface area (Å²) in [6.45, 7) is 63.2. The highest BCUT2D eigenvalue weighted by Gasteiger charge is 2.61. The van der Waals surface area contributed by atoms with Gasteiger partial charge in [-0.3, -0.25) is 0 Å². The SMILES string of the molecule is CC1=C(C)CP(c2c3ccccc3cc3ccccc23)P(c2c(C([Si](C)(C)C)[Si](C)(C)C)cc(C([Si](C)(C)C)([Si](C)(C)C)[Si](C)(C)C)cc2C([Si](C)(C)C)[Si](C)(C)C)C1. The zero-order valence-corrected chi connectivity index (χ0v) is 51.1. The standard InChI is InChI=1S/C50H86P2Si7/c1-37-35-51(46-42-30-26-24-28-39(42)32-40-29-25-27-31-43(40)46)52(36-38(37)2)47-44(48(53(3,4)5)54(6,7)8)33-41(34-45(47)49(55(9,10)11)56(12,13)14)50(57(15,16)17,58(18,19)20)59(21,22)23/h24-34,48-49H,35-36H2,1-23H3. The van der Waals surface area contributed by atoms with Gasteiger partial charge in [-0.25, -0.2) is 0 Å². The molecule has 0 amide bonds. The summed E-state index contributed by atoms with van der Waals surface area (Å²) in [7, 11) is -13.3. The first-order valence-electron chi connectivity index (χ1n) is 22.9. The van der Waals surface area contributed by atoms with E-state index in [9.17, 15) is 0 Å². The highest BCUT2D eigenvalue weighted by molar-refractivity contribution is 8.36. The molecule has 0 spiro atoms. The summed E-state index contributed by atoms with van der Waals surface area (Å²) in [6, 6.07) is 27.6. The molecule has 0 N–H and O–H groups in total. The van der Waals surface area contributed by atoms with Crippen molar-refractivity contribution in [3.63, 3.8) is 0 Å². The Hall–Kier alpha value is -0.482. The largest absolute Gasteiger partial charge is 0.0693 e.